The highest BCUT2D eigenvalue weighted by molar-refractivity contribution is 5.99. The van der Waals surface area contributed by atoms with Gasteiger partial charge in [0.15, 0.2) is 5.96 Å². The van der Waals surface area contributed by atoms with Crippen LogP contribution in [0.4, 0.5) is 5.69 Å². The number of hydrogen-bond donors (Lipinski definition) is 1. The molecule has 1 aromatic carbocycles. The van der Waals surface area contributed by atoms with Crippen LogP contribution >= 0.6 is 0 Å². The Balaban J connectivity index is 2.36. The van der Waals surface area contributed by atoms with Crippen molar-refractivity contribution in [1.29, 1.82) is 0 Å². The highest BCUT2D eigenvalue weighted by Gasteiger charge is 2.39. The Labute approximate surface area is 114 Å². The average Bonchev–Trinajstić information content (AvgIpc) is 2.72. The minimum absolute atomic E-state index is 0.172. The van der Waals surface area contributed by atoms with E-state index in [1.54, 1.807) is 14.2 Å². The van der Waals surface area contributed by atoms with Crippen LogP contribution in [0.5, 0.6) is 5.75 Å². The van der Waals surface area contributed by atoms with Crippen molar-refractivity contribution < 1.29 is 9.47 Å². The molecule has 104 valence electrons. The normalized spacial score (nSPS) is 22.5. The molecule has 2 N–H and O–H groups in total. The lowest BCUT2D eigenvalue weighted by molar-refractivity contribution is 0.175. The number of methoxy groups -OCH3 is 2. The molecule has 0 saturated heterocycles. The van der Waals surface area contributed by atoms with E-state index < -0.39 is 0 Å². The second-order valence-electron chi connectivity index (χ2n) is 4.92. The smallest absolute Gasteiger partial charge is 0.196 e. The third kappa shape index (κ3) is 2.51. The van der Waals surface area contributed by atoms with Gasteiger partial charge in [0.1, 0.15) is 5.75 Å². The maximum atomic E-state index is 6.06. The lowest BCUT2D eigenvalue weighted by atomic mass is 9.96. The van der Waals surface area contributed by atoms with Gasteiger partial charge in [0, 0.05) is 13.7 Å². The highest BCUT2D eigenvalue weighted by atomic mass is 16.5. The summed E-state index contributed by atoms with van der Waals surface area (Å²) >= 11 is 0. The van der Waals surface area contributed by atoms with Crippen molar-refractivity contribution in [2.45, 2.75) is 18.9 Å². The maximum Gasteiger partial charge on any atom is 0.196 e. The van der Waals surface area contributed by atoms with Crippen molar-refractivity contribution in [3.8, 4) is 5.75 Å². The van der Waals surface area contributed by atoms with Crippen LogP contribution in [-0.2, 0) is 4.74 Å². The fourth-order valence-electron chi connectivity index (χ4n) is 2.41. The second-order valence-corrected chi connectivity index (χ2v) is 4.92. The van der Waals surface area contributed by atoms with E-state index >= 15 is 0 Å². The first-order valence-corrected chi connectivity index (χ1v) is 6.34. The number of ether oxygens (including phenoxy) is 2. The van der Waals surface area contributed by atoms with Crippen molar-refractivity contribution in [2.75, 3.05) is 32.3 Å². The van der Waals surface area contributed by atoms with Crippen LogP contribution in [0.3, 0.4) is 0 Å². The predicted octanol–water partition coefficient (Wildman–Crippen LogP) is 1.63. The Morgan fingerprint density at radius 1 is 1.37 bits per heavy atom. The van der Waals surface area contributed by atoms with E-state index in [1.165, 1.54) is 0 Å². The van der Waals surface area contributed by atoms with Crippen molar-refractivity contribution in [3.05, 3.63) is 24.3 Å². The van der Waals surface area contributed by atoms with Gasteiger partial charge in [-0.05, 0) is 25.5 Å². The number of anilines is 1. The highest BCUT2D eigenvalue weighted by Crippen LogP contribution is 2.36. The second kappa shape index (κ2) is 5.48. The first-order valence-electron chi connectivity index (χ1n) is 6.34. The van der Waals surface area contributed by atoms with E-state index in [2.05, 4.69) is 11.9 Å². The molecule has 0 aromatic heterocycles. The fourth-order valence-corrected chi connectivity index (χ4v) is 2.41. The number of rotatable bonds is 5. The predicted molar refractivity (Wildman–Crippen MR) is 76.9 cm³/mol. The molecule has 0 saturated carbocycles. The summed E-state index contributed by atoms with van der Waals surface area (Å²) in [7, 11) is 3.37. The van der Waals surface area contributed by atoms with Crippen LogP contribution in [0.2, 0.25) is 0 Å². The van der Waals surface area contributed by atoms with Gasteiger partial charge in [-0.15, -0.1) is 0 Å². The summed E-state index contributed by atoms with van der Waals surface area (Å²) in [6, 6.07) is 7.84. The number of nitrogens with two attached hydrogens (primary N) is 1. The first kappa shape index (κ1) is 13.7. The van der Waals surface area contributed by atoms with Crippen molar-refractivity contribution >= 4 is 11.6 Å². The molecule has 2 rings (SSSR count). The number of benzene rings is 1. The third-order valence-corrected chi connectivity index (χ3v) is 3.52. The standard InChI is InChI=1S/C14H21N3O2/c1-14(8-9-18-2)10-16-13(15)17(14)11-6-4-5-7-12(11)19-3/h4-7H,8-10H2,1-3H3,(H2,15,16). The molecule has 0 amide bonds. The van der Waals surface area contributed by atoms with Gasteiger partial charge < -0.3 is 20.1 Å². The Morgan fingerprint density at radius 2 is 2.11 bits per heavy atom. The summed E-state index contributed by atoms with van der Waals surface area (Å²) in [5.74, 6) is 1.33. The minimum Gasteiger partial charge on any atom is -0.495 e. The van der Waals surface area contributed by atoms with E-state index in [9.17, 15) is 0 Å². The lowest BCUT2D eigenvalue weighted by Gasteiger charge is -2.36. The monoisotopic (exact) mass is 263 g/mol. The SMILES string of the molecule is COCCC1(C)CN=C(N)N1c1ccccc1OC. The molecule has 5 heteroatoms. The molecule has 1 unspecified atom stereocenters. The van der Waals surface area contributed by atoms with Gasteiger partial charge >= 0.3 is 0 Å². The number of aliphatic imine (C=N–C) groups is 1. The molecular weight excluding hydrogens is 242 g/mol. The Kier molecular flexibility index (Phi) is 3.95. The topological polar surface area (TPSA) is 60.1 Å². The zero-order valence-electron chi connectivity index (χ0n) is 11.7. The van der Waals surface area contributed by atoms with Crippen LogP contribution in [-0.4, -0.2) is 38.9 Å². The van der Waals surface area contributed by atoms with E-state index in [0.717, 1.165) is 17.9 Å². The first-order chi connectivity index (χ1) is 9.12. The molecule has 0 aliphatic carbocycles. The molecule has 1 aliphatic heterocycles. The van der Waals surface area contributed by atoms with Gasteiger partial charge in [-0.1, -0.05) is 12.1 Å². The number of hydrogen-bond acceptors (Lipinski definition) is 5. The summed E-state index contributed by atoms with van der Waals surface area (Å²) in [4.78, 5) is 6.43. The molecule has 1 atom stereocenters. The van der Waals surface area contributed by atoms with E-state index in [0.29, 0.717) is 19.1 Å². The largest absolute Gasteiger partial charge is 0.495 e. The molecular formula is C14H21N3O2. The molecule has 1 aromatic rings. The molecule has 1 heterocycles. The van der Waals surface area contributed by atoms with Crippen molar-refractivity contribution in [1.82, 2.24) is 0 Å². The molecule has 0 bridgehead atoms. The fraction of sp³-hybridized carbons (Fsp3) is 0.500. The summed E-state index contributed by atoms with van der Waals surface area (Å²) in [6.07, 6.45) is 0.853. The van der Waals surface area contributed by atoms with Crippen LogP contribution in [0, 0.1) is 0 Å². The van der Waals surface area contributed by atoms with E-state index in [-0.39, 0.29) is 5.54 Å². The van der Waals surface area contributed by atoms with Crippen LogP contribution in [0.25, 0.3) is 0 Å². The van der Waals surface area contributed by atoms with Crippen molar-refractivity contribution in [3.63, 3.8) is 0 Å². The summed E-state index contributed by atoms with van der Waals surface area (Å²) in [6.45, 7) is 3.48. The Morgan fingerprint density at radius 3 is 2.79 bits per heavy atom. The third-order valence-electron chi connectivity index (χ3n) is 3.52. The molecule has 0 radical (unpaired) electrons. The quantitative estimate of drug-likeness (QED) is 0.877. The number of guanidine groups is 1. The zero-order chi connectivity index (χ0) is 13.9. The van der Waals surface area contributed by atoms with Gasteiger partial charge in [-0.2, -0.15) is 0 Å². The van der Waals surface area contributed by atoms with Gasteiger partial charge in [0.2, 0.25) is 0 Å². The van der Waals surface area contributed by atoms with Gasteiger partial charge in [-0.25, -0.2) is 0 Å². The summed E-state index contributed by atoms with van der Waals surface area (Å²) in [5.41, 5.74) is 6.84. The molecule has 19 heavy (non-hydrogen) atoms. The number of para-hydroxylation sites is 2. The van der Waals surface area contributed by atoms with Crippen molar-refractivity contribution in [2.24, 2.45) is 10.7 Å². The van der Waals surface area contributed by atoms with E-state index in [4.69, 9.17) is 15.2 Å². The Hall–Kier alpha value is -1.75. The van der Waals surface area contributed by atoms with Gasteiger partial charge in [0.05, 0.1) is 24.9 Å². The van der Waals surface area contributed by atoms with Crippen LogP contribution in [0.15, 0.2) is 29.3 Å². The summed E-state index contributed by atoms with van der Waals surface area (Å²) in [5, 5.41) is 0. The Bertz CT molecular complexity index is 476. The molecule has 1 aliphatic rings. The van der Waals surface area contributed by atoms with Crippen LogP contribution in [0.1, 0.15) is 13.3 Å². The van der Waals surface area contributed by atoms with E-state index in [1.807, 2.05) is 29.2 Å². The zero-order valence-corrected chi connectivity index (χ0v) is 11.7. The molecule has 0 fully saturated rings. The van der Waals surface area contributed by atoms with Crippen LogP contribution < -0.4 is 15.4 Å². The number of nitrogens with zero attached hydrogens (tertiary/aromatic N) is 2. The average molecular weight is 263 g/mol. The molecule has 0 spiro atoms. The van der Waals surface area contributed by atoms with Gasteiger partial charge in [-0.3, -0.25) is 4.99 Å². The maximum absolute atomic E-state index is 6.06. The minimum atomic E-state index is -0.172. The summed E-state index contributed by atoms with van der Waals surface area (Å²) < 4.78 is 10.6. The lowest BCUT2D eigenvalue weighted by Crippen LogP contribution is -2.50. The molecule has 5 nitrogen and oxygen atoms in total. The van der Waals surface area contributed by atoms with Gasteiger partial charge in [0.25, 0.3) is 0 Å².